The quantitative estimate of drug-likeness (QED) is 0.259. The zero-order valence-electron chi connectivity index (χ0n) is 27.0. The number of piperidine rings is 1. The predicted octanol–water partition coefficient (Wildman–Crippen LogP) is 5.18. The molecular formula is C35H41F2N7O3. The molecule has 8 rings (SSSR count). The van der Waals surface area contributed by atoms with E-state index in [9.17, 15) is 18.4 Å². The molecule has 12 heteroatoms. The van der Waals surface area contributed by atoms with Crippen LogP contribution in [-0.4, -0.2) is 68.0 Å². The average molecular weight is 646 g/mol. The SMILES string of the molecule is COc1cc(C(=O)N2C[C@H](N)[C@@H]3CC[C@H]2C3)cc2nc(-c3cc4ccc([C@@H](C)NC(=O)C5(C(F)F)CC5)nc4n3CC3CC3)n(C)c12. The van der Waals surface area contributed by atoms with Crippen molar-refractivity contribution in [2.75, 3.05) is 13.7 Å². The number of amides is 2. The fourth-order valence-electron chi connectivity index (χ4n) is 7.83. The number of alkyl halides is 2. The number of carbonyl (C=O) groups is 2. The van der Waals surface area contributed by atoms with Gasteiger partial charge < -0.3 is 29.8 Å². The number of imidazole rings is 1. The second-order valence-corrected chi connectivity index (χ2v) is 14.3. The van der Waals surface area contributed by atoms with Gasteiger partial charge in [0.1, 0.15) is 22.3 Å². The standard InChI is InChI=1S/C35H41F2N7O3/c1-18(39-34(46)35(10-11-35)33(36)37)25-9-7-21-14-27(44(30(21)40-25)16-19-4-5-19)31-41-26-13-22(15-28(47-3)29(26)42(31)2)32(45)43-17-24(38)20-6-8-23(43)12-20/h7,9,13-15,18-20,23-24,33H,4-6,8,10-12,16-17,38H2,1-3H3,(H,39,46)/t18-,20-,23+,24+/m1/s1. The topological polar surface area (TPSA) is 120 Å². The molecule has 4 aliphatic rings. The Balaban J connectivity index is 1.16. The number of ether oxygens (including phenoxy) is 1. The van der Waals surface area contributed by atoms with Gasteiger partial charge in [0.15, 0.2) is 5.82 Å². The maximum absolute atomic E-state index is 13.9. The lowest BCUT2D eigenvalue weighted by Crippen LogP contribution is -2.51. The van der Waals surface area contributed by atoms with Crippen LogP contribution in [-0.2, 0) is 18.4 Å². The van der Waals surface area contributed by atoms with Gasteiger partial charge in [0, 0.05) is 43.2 Å². The van der Waals surface area contributed by atoms with Gasteiger partial charge in [-0.05, 0) is 94.0 Å². The number of aromatic nitrogens is 4. The summed E-state index contributed by atoms with van der Waals surface area (Å²) >= 11 is 0. The van der Waals surface area contributed by atoms with E-state index in [1.807, 2.05) is 40.8 Å². The first kappa shape index (κ1) is 30.3. The van der Waals surface area contributed by atoms with Gasteiger partial charge in [0.05, 0.1) is 30.1 Å². The molecule has 1 saturated heterocycles. The number of hydrogen-bond acceptors (Lipinski definition) is 6. The molecule has 0 unspecified atom stereocenters. The number of nitrogens with zero attached hydrogens (tertiary/aromatic N) is 5. The molecule has 0 radical (unpaired) electrons. The number of carbonyl (C=O) groups excluding carboxylic acids is 2. The molecule has 248 valence electrons. The van der Waals surface area contributed by atoms with Crippen molar-refractivity contribution in [3.8, 4) is 17.3 Å². The van der Waals surface area contributed by atoms with E-state index in [4.69, 9.17) is 20.4 Å². The molecule has 0 spiro atoms. The number of nitrogens with one attached hydrogen (secondary N) is 1. The minimum absolute atomic E-state index is 0.000904. The van der Waals surface area contributed by atoms with Gasteiger partial charge in [-0.3, -0.25) is 9.59 Å². The zero-order valence-corrected chi connectivity index (χ0v) is 27.0. The van der Waals surface area contributed by atoms with Crippen LogP contribution in [0.1, 0.15) is 74.0 Å². The van der Waals surface area contributed by atoms with Gasteiger partial charge in [-0.15, -0.1) is 0 Å². The van der Waals surface area contributed by atoms with E-state index in [0.29, 0.717) is 40.9 Å². The monoisotopic (exact) mass is 645 g/mol. The third-order valence-corrected chi connectivity index (χ3v) is 11.1. The summed E-state index contributed by atoms with van der Waals surface area (Å²) in [7, 11) is 3.55. The van der Waals surface area contributed by atoms with E-state index in [0.717, 1.165) is 66.7 Å². The molecular weight excluding hydrogens is 604 g/mol. The Morgan fingerprint density at radius 2 is 1.91 bits per heavy atom. The molecule has 4 aromatic rings. The third kappa shape index (κ3) is 4.98. The molecule has 3 aliphatic carbocycles. The number of benzene rings is 1. The molecule has 4 heterocycles. The van der Waals surface area contributed by atoms with Crippen LogP contribution >= 0.6 is 0 Å². The lowest BCUT2D eigenvalue weighted by molar-refractivity contribution is -0.132. The molecule has 3 N–H and O–H groups in total. The molecule has 4 atom stereocenters. The highest BCUT2D eigenvalue weighted by atomic mass is 19.3. The first-order chi connectivity index (χ1) is 22.6. The highest BCUT2D eigenvalue weighted by molar-refractivity contribution is 6.00. The van der Waals surface area contributed by atoms with E-state index in [-0.39, 0.29) is 30.8 Å². The summed E-state index contributed by atoms with van der Waals surface area (Å²) < 4.78 is 37.1. The Labute approximate surface area is 271 Å². The van der Waals surface area contributed by atoms with Crippen LogP contribution < -0.4 is 15.8 Å². The summed E-state index contributed by atoms with van der Waals surface area (Å²) in [6.07, 6.45) is 3.00. The zero-order chi connectivity index (χ0) is 32.8. The Morgan fingerprint density at radius 1 is 1.13 bits per heavy atom. The van der Waals surface area contributed by atoms with Crippen molar-refractivity contribution in [3.63, 3.8) is 0 Å². The Hall–Kier alpha value is -4.06. The number of pyridine rings is 1. The average Bonchev–Trinajstić information content (AvgIpc) is 3.96. The molecule has 4 fully saturated rings. The Bertz CT molecular complexity index is 1910. The Kier molecular flexibility index (Phi) is 7.09. The molecule has 2 bridgehead atoms. The summed E-state index contributed by atoms with van der Waals surface area (Å²) in [5, 5.41) is 3.70. The van der Waals surface area contributed by atoms with Crippen LogP contribution in [0.3, 0.4) is 0 Å². The van der Waals surface area contributed by atoms with Crippen molar-refractivity contribution in [2.24, 2.45) is 30.0 Å². The maximum Gasteiger partial charge on any atom is 0.254 e. The van der Waals surface area contributed by atoms with E-state index < -0.39 is 23.8 Å². The van der Waals surface area contributed by atoms with Gasteiger partial charge in [0.25, 0.3) is 12.3 Å². The minimum Gasteiger partial charge on any atom is -0.494 e. The van der Waals surface area contributed by atoms with Crippen LogP contribution in [0.25, 0.3) is 33.6 Å². The van der Waals surface area contributed by atoms with Gasteiger partial charge in [-0.1, -0.05) is 0 Å². The van der Waals surface area contributed by atoms with Crippen molar-refractivity contribution >= 4 is 33.9 Å². The highest BCUT2D eigenvalue weighted by Crippen LogP contribution is 2.51. The number of nitrogens with two attached hydrogens (primary N) is 1. The number of fused-ring (bicyclic) bond motifs is 4. The van der Waals surface area contributed by atoms with E-state index in [1.54, 1.807) is 14.0 Å². The van der Waals surface area contributed by atoms with Crippen molar-refractivity contribution < 1.29 is 23.1 Å². The third-order valence-electron chi connectivity index (χ3n) is 11.1. The van der Waals surface area contributed by atoms with Crippen LogP contribution in [0.15, 0.2) is 30.3 Å². The molecule has 1 aromatic carbocycles. The van der Waals surface area contributed by atoms with E-state index in [1.165, 1.54) is 0 Å². The van der Waals surface area contributed by atoms with Gasteiger partial charge in [-0.25, -0.2) is 18.7 Å². The van der Waals surface area contributed by atoms with Crippen LogP contribution in [0.2, 0.25) is 0 Å². The smallest absolute Gasteiger partial charge is 0.254 e. The summed E-state index contributed by atoms with van der Waals surface area (Å²) in [5.74, 6) is 1.65. The molecule has 3 saturated carbocycles. The fraction of sp³-hybridized carbons (Fsp3) is 0.543. The van der Waals surface area contributed by atoms with Crippen LogP contribution in [0, 0.1) is 17.3 Å². The van der Waals surface area contributed by atoms with Crippen LogP contribution in [0.4, 0.5) is 8.78 Å². The van der Waals surface area contributed by atoms with Crippen LogP contribution in [0.5, 0.6) is 5.75 Å². The lowest BCUT2D eigenvalue weighted by Gasteiger charge is -2.37. The van der Waals surface area contributed by atoms with Gasteiger partial charge in [0.2, 0.25) is 5.91 Å². The van der Waals surface area contributed by atoms with Crippen molar-refractivity contribution in [1.29, 1.82) is 0 Å². The predicted molar refractivity (Wildman–Crippen MR) is 173 cm³/mol. The highest BCUT2D eigenvalue weighted by Gasteiger charge is 2.57. The summed E-state index contributed by atoms with van der Waals surface area (Å²) in [4.78, 5) is 38.6. The molecule has 2 amide bonds. The minimum atomic E-state index is -2.68. The number of aryl methyl sites for hydroxylation is 1. The number of halogens is 2. The van der Waals surface area contributed by atoms with Crippen molar-refractivity contribution in [1.82, 2.24) is 29.3 Å². The number of likely N-dealkylation sites (tertiary alicyclic amines) is 1. The lowest BCUT2D eigenvalue weighted by atomic mass is 9.94. The first-order valence-corrected chi connectivity index (χ1v) is 16.8. The number of hydrogen-bond donors (Lipinski definition) is 2. The molecule has 47 heavy (non-hydrogen) atoms. The Morgan fingerprint density at radius 3 is 2.62 bits per heavy atom. The summed E-state index contributed by atoms with van der Waals surface area (Å²) in [6.45, 7) is 3.10. The molecule has 3 aromatic heterocycles. The van der Waals surface area contributed by atoms with Gasteiger partial charge in [-0.2, -0.15) is 0 Å². The fourth-order valence-corrected chi connectivity index (χ4v) is 7.83. The van der Waals surface area contributed by atoms with E-state index >= 15 is 0 Å². The van der Waals surface area contributed by atoms with Gasteiger partial charge >= 0.3 is 0 Å². The number of methoxy groups -OCH3 is 1. The van der Waals surface area contributed by atoms with E-state index in [2.05, 4.69) is 16.0 Å². The molecule has 1 aliphatic heterocycles. The summed E-state index contributed by atoms with van der Waals surface area (Å²) in [6, 6.07) is 9.23. The second kappa shape index (κ2) is 11.0. The molecule has 10 nitrogen and oxygen atoms in total. The first-order valence-electron chi connectivity index (χ1n) is 16.8. The normalized spacial score (nSPS) is 23.9. The largest absolute Gasteiger partial charge is 0.494 e. The second-order valence-electron chi connectivity index (χ2n) is 14.3. The number of rotatable bonds is 9. The summed E-state index contributed by atoms with van der Waals surface area (Å²) in [5.41, 5.74) is 9.11. The maximum atomic E-state index is 13.9. The van der Waals surface area contributed by atoms with Crippen molar-refractivity contribution in [2.45, 2.75) is 83.0 Å². The van der Waals surface area contributed by atoms with Crippen molar-refractivity contribution in [3.05, 3.63) is 41.6 Å².